The predicted octanol–water partition coefficient (Wildman–Crippen LogP) is 5.68. The van der Waals surface area contributed by atoms with Gasteiger partial charge < -0.3 is 19.1 Å². The van der Waals surface area contributed by atoms with Crippen molar-refractivity contribution in [3.8, 4) is 11.6 Å². The van der Waals surface area contributed by atoms with Gasteiger partial charge in [-0.1, -0.05) is 13.3 Å². The highest BCUT2D eigenvalue weighted by atomic mass is 32.2. The molecule has 6 rings (SSSR count). The number of Topliss-reactive ketones (excluding diaryl/α,β-unsaturated/α-hetero) is 1. The van der Waals surface area contributed by atoms with Gasteiger partial charge in [0.2, 0.25) is 23.6 Å². The minimum Gasteiger partial charge on any atom is -0.497 e. The first-order valence-corrected chi connectivity index (χ1v) is 20.5. The summed E-state index contributed by atoms with van der Waals surface area (Å²) < 4.78 is 78.3. The molecule has 302 valence electrons. The molecule has 0 radical (unpaired) electrons. The average molecular weight is 792 g/mol. The molecule has 1 aromatic heterocycles. The van der Waals surface area contributed by atoms with Crippen LogP contribution in [-0.2, 0) is 38.4 Å². The fourth-order valence-electron chi connectivity index (χ4n) is 8.14. The molecule has 1 saturated heterocycles. The normalized spacial score (nSPS) is 25.9. The molecule has 3 saturated carbocycles. The number of carbonyl (C=O) groups is 4. The molecule has 2 aromatic rings. The first kappa shape index (κ1) is 40.7. The zero-order chi connectivity index (χ0) is 39.9. The number of fused-ring (bicyclic) bond motifs is 1. The van der Waals surface area contributed by atoms with E-state index in [1.54, 1.807) is 52.3 Å². The van der Waals surface area contributed by atoms with Crippen molar-refractivity contribution in [1.29, 1.82) is 0 Å². The van der Waals surface area contributed by atoms with Crippen LogP contribution in [-0.4, -0.2) is 85.3 Å². The number of benzene rings is 1. The summed E-state index contributed by atoms with van der Waals surface area (Å²) in [6.45, 7) is 6.82. The number of aromatic nitrogens is 1. The zero-order valence-electron chi connectivity index (χ0n) is 32.0. The number of nitrogens with one attached hydrogen (secondary N) is 1. The van der Waals surface area contributed by atoms with Crippen LogP contribution in [0, 0.1) is 23.2 Å². The molecule has 3 aliphatic carbocycles. The van der Waals surface area contributed by atoms with Crippen molar-refractivity contribution in [2.75, 3.05) is 13.7 Å². The van der Waals surface area contributed by atoms with Gasteiger partial charge >= 0.3 is 16.3 Å². The second-order valence-electron chi connectivity index (χ2n) is 16.6. The topological polar surface area (TPSA) is 168 Å². The Bertz CT molecular complexity index is 1910. The Labute approximate surface area is 320 Å². The van der Waals surface area contributed by atoms with Crippen LogP contribution in [0.2, 0.25) is 0 Å². The molecular formula is C39H51F2N3O10S. The molecule has 0 spiro atoms. The van der Waals surface area contributed by atoms with E-state index in [-0.39, 0.29) is 56.9 Å². The number of carbonyl (C=O) groups excluding carboxylic acids is 4. The highest BCUT2D eigenvalue weighted by Crippen LogP contribution is 2.58. The molecule has 4 aliphatic rings. The van der Waals surface area contributed by atoms with E-state index in [0.29, 0.717) is 30.4 Å². The van der Waals surface area contributed by atoms with Crippen molar-refractivity contribution in [2.45, 2.75) is 128 Å². The SMILES string of the molecule is CC[C@@H]1C[C@]1(CC(=O)[C@@H]1C[C@@H](Oc2nccc3cc(OC)ccc23)CN1C(=O)[C@@H](CC(=O)OC(C)(C)C)C1CCC(F)(F)CC1)C(=O)NS(=O)(=O)OC1CC1. The highest BCUT2D eigenvalue weighted by molar-refractivity contribution is 7.85. The van der Waals surface area contributed by atoms with Crippen LogP contribution in [0.4, 0.5) is 8.78 Å². The molecule has 1 aromatic carbocycles. The molecular weight excluding hydrogens is 741 g/mol. The summed E-state index contributed by atoms with van der Waals surface area (Å²) in [6, 6.07) is 6.02. The number of ether oxygens (including phenoxy) is 3. The average Bonchev–Trinajstić information content (AvgIpc) is 4.02. The lowest BCUT2D eigenvalue weighted by atomic mass is 9.76. The van der Waals surface area contributed by atoms with Gasteiger partial charge in [0.05, 0.1) is 43.6 Å². The fraction of sp³-hybridized carbons (Fsp3) is 0.667. The van der Waals surface area contributed by atoms with Crippen LogP contribution in [0.25, 0.3) is 10.8 Å². The molecule has 0 bridgehead atoms. The smallest absolute Gasteiger partial charge is 0.362 e. The van der Waals surface area contributed by atoms with E-state index >= 15 is 0 Å². The van der Waals surface area contributed by atoms with Crippen molar-refractivity contribution in [3.63, 3.8) is 0 Å². The summed E-state index contributed by atoms with van der Waals surface area (Å²) in [4.78, 5) is 61.8. The van der Waals surface area contributed by atoms with Crippen LogP contribution in [0.15, 0.2) is 30.5 Å². The summed E-state index contributed by atoms with van der Waals surface area (Å²) in [5, 5.41) is 1.44. The van der Waals surface area contributed by atoms with Gasteiger partial charge in [-0.05, 0) is 94.4 Å². The highest BCUT2D eigenvalue weighted by Gasteiger charge is 2.61. The maximum absolute atomic E-state index is 14.8. The lowest BCUT2D eigenvalue weighted by molar-refractivity contribution is -0.160. The van der Waals surface area contributed by atoms with E-state index in [1.165, 1.54) is 4.90 Å². The lowest BCUT2D eigenvalue weighted by Crippen LogP contribution is -2.48. The van der Waals surface area contributed by atoms with E-state index in [0.717, 1.165) is 5.39 Å². The van der Waals surface area contributed by atoms with E-state index in [2.05, 4.69) is 4.98 Å². The number of rotatable bonds is 15. The van der Waals surface area contributed by atoms with Gasteiger partial charge in [-0.2, -0.15) is 8.42 Å². The number of alkyl halides is 2. The van der Waals surface area contributed by atoms with Gasteiger partial charge in [-0.3, -0.25) is 23.4 Å². The summed E-state index contributed by atoms with van der Waals surface area (Å²) in [7, 11) is -2.85. The Morgan fingerprint density at radius 3 is 2.38 bits per heavy atom. The van der Waals surface area contributed by atoms with Crippen molar-refractivity contribution >= 4 is 44.6 Å². The first-order valence-electron chi connectivity index (χ1n) is 19.1. The number of hydrogen-bond acceptors (Lipinski definition) is 11. The van der Waals surface area contributed by atoms with Gasteiger partial charge in [0.1, 0.15) is 17.5 Å². The Kier molecular flexibility index (Phi) is 11.5. The number of hydrogen-bond donors (Lipinski definition) is 1. The fourth-order valence-corrected chi connectivity index (χ4v) is 9.17. The van der Waals surface area contributed by atoms with Gasteiger partial charge in [-0.25, -0.2) is 18.5 Å². The van der Waals surface area contributed by atoms with E-state index in [4.69, 9.17) is 18.4 Å². The quantitative estimate of drug-likeness (QED) is 0.221. The maximum Gasteiger partial charge on any atom is 0.362 e. The number of methoxy groups -OCH3 is 1. The first-order chi connectivity index (χ1) is 25.8. The van der Waals surface area contributed by atoms with Crippen LogP contribution < -0.4 is 14.2 Å². The minimum atomic E-state index is -4.40. The van der Waals surface area contributed by atoms with Gasteiger partial charge in [-0.15, -0.1) is 0 Å². The van der Waals surface area contributed by atoms with E-state index < -0.39 is 93.7 Å². The molecule has 16 heteroatoms. The molecule has 1 aliphatic heterocycles. The summed E-state index contributed by atoms with van der Waals surface area (Å²) in [5.41, 5.74) is -2.20. The van der Waals surface area contributed by atoms with Crippen LogP contribution in [0.5, 0.6) is 11.6 Å². The number of halogens is 2. The molecule has 1 N–H and O–H groups in total. The van der Waals surface area contributed by atoms with Crippen molar-refractivity contribution in [2.24, 2.45) is 23.2 Å². The Hall–Kier alpha value is -3.92. The minimum absolute atomic E-state index is 0.000831. The largest absolute Gasteiger partial charge is 0.497 e. The summed E-state index contributed by atoms with van der Waals surface area (Å²) in [5.74, 6) is -6.47. The Morgan fingerprint density at radius 1 is 1.05 bits per heavy atom. The molecule has 13 nitrogen and oxygen atoms in total. The number of ketones is 1. The van der Waals surface area contributed by atoms with E-state index in [9.17, 15) is 36.4 Å². The molecule has 4 fully saturated rings. The second-order valence-corrected chi connectivity index (χ2v) is 17.9. The molecule has 0 unspecified atom stereocenters. The number of esters is 1. The van der Waals surface area contributed by atoms with Gasteiger partial charge in [0.25, 0.3) is 0 Å². The van der Waals surface area contributed by atoms with Crippen LogP contribution in [0.3, 0.4) is 0 Å². The number of amides is 2. The molecule has 2 amide bonds. The molecule has 55 heavy (non-hydrogen) atoms. The van der Waals surface area contributed by atoms with Crippen LogP contribution in [0.1, 0.15) is 98.3 Å². The molecule has 2 heterocycles. The number of nitrogens with zero attached hydrogens (tertiary/aromatic N) is 2. The zero-order valence-corrected chi connectivity index (χ0v) is 32.8. The summed E-state index contributed by atoms with van der Waals surface area (Å²) >= 11 is 0. The van der Waals surface area contributed by atoms with Crippen LogP contribution >= 0.6 is 0 Å². The third kappa shape index (κ3) is 9.73. The summed E-state index contributed by atoms with van der Waals surface area (Å²) in [6.07, 6.45) is 0.631. The monoisotopic (exact) mass is 791 g/mol. The van der Waals surface area contributed by atoms with E-state index in [1.807, 2.05) is 17.7 Å². The predicted molar refractivity (Wildman–Crippen MR) is 195 cm³/mol. The standard InChI is InChI=1S/C39H51F2N3O10S/c1-6-25-20-38(25,36(48)43-55(49,50)54-26-7-8-26)21-32(45)31-18-28(52-34-29-10-9-27(51-5)17-24(29)13-16-42-34)22-44(31)35(47)30(19-33(46)53-37(2,3)4)23-11-14-39(40,41)15-12-23/h9-10,13,16-17,23,25-26,28,30-31H,6-8,11-12,14-15,18-22H2,1-5H3,(H,43,48)/t25-,28-,30+,31+,38-/m1/s1. The lowest BCUT2D eigenvalue weighted by Gasteiger charge is -2.36. The van der Waals surface area contributed by atoms with Gasteiger partial charge in [0.15, 0.2) is 5.78 Å². The molecule has 5 atom stereocenters. The third-order valence-corrected chi connectivity index (χ3v) is 12.2. The second kappa shape index (κ2) is 15.5. The Morgan fingerprint density at radius 2 is 1.76 bits per heavy atom. The van der Waals surface area contributed by atoms with Crippen molar-refractivity contribution < 1.29 is 54.8 Å². The maximum atomic E-state index is 14.8. The van der Waals surface area contributed by atoms with Crippen molar-refractivity contribution in [1.82, 2.24) is 14.6 Å². The van der Waals surface area contributed by atoms with Gasteiger partial charge in [0, 0.05) is 37.3 Å². The number of pyridine rings is 1. The van der Waals surface area contributed by atoms with Crippen molar-refractivity contribution in [3.05, 3.63) is 30.5 Å². The third-order valence-electron chi connectivity index (χ3n) is 11.3. The number of likely N-dealkylation sites (tertiary alicyclic amines) is 1. The Balaban J connectivity index is 1.29.